The van der Waals surface area contributed by atoms with Gasteiger partial charge in [-0.05, 0) is 77.0 Å². The molecule has 1 unspecified atom stereocenters. The molecule has 0 saturated heterocycles. The van der Waals surface area contributed by atoms with Crippen molar-refractivity contribution in [1.29, 1.82) is 0 Å². The first-order chi connectivity index (χ1) is 27.0. The number of esters is 3. The second kappa shape index (κ2) is 44.1. The predicted octanol–water partition coefficient (Wildman–Crippen LogP) is 14.8. The number of hydrogen-bond acceptors (Lipinski definition) is 6. The van der Waals surface area contributed by atoms with Crippen LogP contribution < -0.4 is 0 Å². The molecule has 0 aromatic heterocycles. The van der Waals surface area contributed by atoms with Crippen molar-refractivity contribution in [2.45, 2.75) is 232 Å². The van der Waals surface area contributed by atoms with Crippen molar-refractivity contribution in [2.75, 3.05) is 13.2 Å². The number of allylic oxidation sites excluding steroid dienone is 8. The molecule has 0 rings (SSSR count). The van der Waals surface area contributed by atoms with Crippen LogP contribution in [0.25, 0.3) is 0 Å². The van der Waals surface area contributed by atoms with Gasteiger partial charge in [0.15, 0.2) is 6.10 Å². The van der Waals surface area contributed by atoms with Gasteiger partial charge in [-0.2, -0.15) is 0 Å². The minimum absolute atomic E-state index is 0.0804. The lowest BCUT2D eigenvalue weighted by Crippen LogP contribution is -2.30. The summed E-state index contributed by atoms with van der Waals surface area (Å²) >= 11 is 0. The number of carbonyl (C=O) groups is 3. The van der Waals surface area contributed by atoms with Gasteiger partial charge in [-0.25, -0.2) is 0 Å². The molecule has 0 bridgehead atoms. The van der Waals surface area contributed by atoms with Crippen LogP contribution >= 0.6 is 0 Å². The highest BCUT2D eigenvalue weighted by molar-refractivity contribution is 5.71. The Morgan fingerprint density at radius 2 is 0.709 bits per heavy atom. The van der Waals surface area contributed by atoms with Gasteiger partial charge in [-0.3, -0.25) is 14.4 Å². The van der Waals surface area contributed by atoms with Gasteiger partial charge in [0.1, 0.15) is 13.2 Å². The quantitative estimate of drug-likeness (QED) is 0.0267. The minimum Gasteiger partial charge on any atom is -0.462 e. The molecule has 0 aromatic carbocycles. The number of unbranched alkanes of at least 4 members (excludes halogenated alkanes) is 22. The van der Waals surface area contributed by atoms with Crippen LogP contribution in [0, 0.1) is 0 Å². The molecule has 0 spiro atoms. The van der Waals surface area contributed by atoms with E-state index in [4.69, 9.17) is 14.2 Å². The number of ether oxygens (including phenoxy) is 3. The highest BCUT2D eigenvalue weighted by Crippen LogP contribution is 2.13. The molecule has 0 amide bonds. The summed E-state index contributed by atoms with van der Waals surface area (Å²) in [5, 5.41) is 0. The minimum atomic E-state index is -0.775. The van der Waals surface area contributed by atoms with Crippen molar-refractivity contribution in [1.82, 2.24) is 0 Å². The van der Waals surface area contributed by atoms with E-state index in [1.165, 1.54) is 83.5 Å². The summed E-state index contributed by atoms with van der Waals surface area (Å²) in [5.74, 6) is -0.912. The van der Waals surface area contributed by atoms with E-state index >= 15 is 0 Å². The smallest absolute Gasteiger partial charge is 0.306 e. The van der Waals surface area contributed by atoms with Crippen molar-refractivity contribution in [3.05, 3.63) is 48.6 Å². The van der Waals surface area contributed by atoms with Gasteiger partial charge in [0.2, 0.25) is 0 Å². The molecule has 6 heteroatoms. The molecule has 318 valence electrons. The van der Waals surface area contributed by atoms with Crippen molar-refractivity contribution in [3.8, 4) is 0 Å². The molecule has 0 saturated carbocycles. The Kier molecular flexibility index (Phi) is 42.0. The molecule has 0 radical (unpaired) electrons. The summed E-state index contributed by atoms with van der Waals surface area (Å²) in [6.45, 7) is 6.42. The van der Waals surface area contributed by atoms with Crippen molar-refractivity contribution in [2.24, 2.45) is 0 Å². The number of hydrogen-bond donors (Lipinski definition) is 0. The van der Waals surface area contributed by atoms with Crippen LogP contribution in [0.1, 0.15) is 226 Å². The fourth-order valence-electron chi connectivity index (χ4n) is 6.33. The monoisotopic (exact) mass is 771 g/mol. The number of rotatable bonds is 41. The maximum atomic E-state index is 12.7. The average Bonchev–Trinajstić information content (AvgIpc) is 3.18. The third kappa shape index (κ3) is 42.4. The molecule has 0 aliphatic heterocycles. The van der Waals surface area contributed by atoms with Gasteiger partial charge in [0, 0.05) is 19.3 Å². The molecule has 0 aromatic rings. The van der Waals surface area contributed by atoms with Crippen LogP contribution in [-0.4, -0.2) is 37.2 Å². The maximum Gasteiger partial charge on any atom is 0.306 e. The zero-order valence-corrected chi connectivity index (χ0v) is 36.2. The lowest BCUT2D eigenvalue weighted by molar-refractivity contribution is -0.167. The Morgan fingerprint density at radius 3 is 1.13 bits per heavy atom. The molecule has 6 nitrogen and oxygen atoms in total. The van der Waals surface area contributed by atoms with E-state index < -0.39 is 6.10 Å². The summed E-state index contributed by atoms with van der Waals surface area (Å²) in [6, 6.07) is 0. The Labute approximate surface area is 339 Å². The van der Waals surface area contributed by atoms with Gasteiger partial charge in [0.25, 0.3) is 0 Å². The first kappa shape index (κ1) is 52.4. The van der Waals surface area contributed by atoms with E-state index in [-0.39, 0.29) is 31.1 Å². The zero-order valence-electron chi connectivity index (χ0n) is 36.2. The van der Waals surface area contributed by atoms with Crippen LogP contribution in [0.2, 0.25) is 0 Å². The predicted molar refractivity (Wildman–Crippen MR) is 233 cm³/mol. The fourth-order valence-corrected chi connectivity index (χ4v) is 6.33. The first-order valence-electron chi connectivity index (χ1n) is 23.1. The molecule has 0 N–H and O–H groups in total. The van der Waals surface area contributed by atoms with E-state index in [1.807, 2.05) is 0 Å². The van der Waals surface area contributed by atoms with E-state index in [9.17, 15) is 14.4 Å². The molecular formula is C49H86O6. The average molecular weight is 771 g/mol. The van der Waals surface area contributed by atoms with Crippen molar-refractivity contribution >= 4 is 17.9 Å². The maximum absolute atomic E-state index is 12.7. The molecule has 0 aliphatic rings. The lowest BCUT2D eigenvalue weighted by atomic mass is 10.1. The highest BCUT2D eigenvalue weighted by atomic mass is 16.6. The molecule has 0 fully saturated rings. The molecular weight excluding hydrogens is 685 g/mol. The third-order valence-electron chi connectivity index (χ3n) is 9.82. The van der Waals surface area contributed by atoms with Crippen LogP contribution in [-0.2, 0) is 28.6 Å². The third-order valence-corrected chi connectivity index (χ3v) is 9.82. The van der Waals surface area contributed by atoms with Gasteiger partial charge >= 0.3 is 17.9 Å². The van der Waals surface area contributed by atoms with E-state index in [0.717, 1.165) is 103 Å². The summed E-state index contributed by atoms with van der Waals surface area (Å²) in [5.41, 5.74) is 0. The van der Waals surface area contributed by atoms with Gasteiger partial charge in [-0.1, -0.05) is 179 Å². The molecule has 1 atom stereocenters. The van der Waals surface area contributed by atoms with Gasteiger partial charge in [0.05, 0.1) is 0 Å². The van der Waals surface area contributed by atoms with E-state index in [2.05, 4.69) is 69.4 Å². The Morgan fingerprint density at radius 1 is 0.382 bits per heavy atom. The molecule has 0 heterocycles. The Hall–Kier alpha value is -2.63. The number of carbonyl (C=O) groups excluding carboxylic acids is 3. The highest BCUT2D eigenvalue weighted by Gasteiger charge is 2.19. The van der Waals surface area contributed by atoms with Crippen LogP contribution in [0.15, 0.2) is 48.6 Å². The SMILES string of the molecule is CC/C=C\C/C=C\C/C=C\CCCCCCCCCC(=O)OCC(COC(=O)CCCCCCC)OC(=O)CCCCCCC/C=C\CCCCCCCC. The zero-order chi connectivity index (χ0) is 40.1. The van der Waals surface area contributed by atoms with E-state index in [0.29, 0.717) is 19.3 Å². The van der Waals surface area contributed by atoms with Crippen LogP contribution in [0.3, 0.4) is 0 Å². The summed E-state index contributed by atoms with van der Waals surface area (Å²) < 4.78 is 16.6. The van der Waals surface area contributed by atoms with Crippen LogP contribution in [0.4, 0.5) is 0 Å². The van der Waals surface area contributed by atoms with Crippen LogP contribution in [0.5, 0.6) is 0 Å². The van der Waals surface area contributed by atoms with E-state index in [1.54, 1.807) is 0 Å². The first-order valence-corrected chi connectivity index (χ1v) is 23.1. The molecule has 0 aliphatic carbocycles. The lowest BCUT2D eigenvalue weighted by Gasteiger charge is -2.18. The second-order valence-corrected chi connectivity index (χ2v) is 15.3. The molecule has 55 heavy (non-hydrogen) atoms. The Balaban J connectivity index is 4.24. The van der Waals surface area contributed by atoms with Gasteiger partial charge in [-0.15, -0.1) is 0 Å². The summed E-state index contributed by atoms with van der Waals surface area (Å²) in [7, 11) is 0. The van der Waals surface area contributed by atoms with Gasteiger partial charge < -0.3 is 14.2 Å². The van der Waals surface area contributed by atoms with Crippen molar-refractivity contribution < 1.29 is 28.6 Å². The summed E-state index contributed by atoms with van der Waals surface area (Å²) in [6.07, 6.45) is 51.2. The summed E-state index contributed by atoms with van der Waals surface area (Å²) in [4.78, 5) is 37.5. The topological polar surface area (TPSA) is 78.9 Å². The second-order valence-electron chi connectivity index (χ2n) is 15.3. The largest absolute Gasteiger partial charge is 0.462 e. The fraction of sp³-hybridized carbons (Fsp3) is 0.776. The Bertz CT molecular complexity index is 980. The van der Waals surface area contributed by atoms with Crippen molar-refractivity contribution in [3.63, 3.8) is 0 Å². The standard InChI is InChI=1S/C49H86O6/c1-4-7-10-13-15-17-19-21-23-24-26-27-29-31-33-36-39-42-48(51)54-45-46(44-53-47(50)41-38-35-12-9-6-3)55-49(52)43-40-37-34-32-30-28-25-22-20-18-16-14-11-8-5-2/h7,10,15,17,21-23,25,46H,4-6,8-9,11-14,16,18-20,24,26-45H2,1-3H3/b10-7-,17-15-,23-21-,25-22-. The normalized spacial score (nSPS) is 12.4.